The maximum Gasteiger partial charge on any atom is 0.380 e. The lowest BCUT2D eigenvalue weighted by Gasteiger charge is -2.35. The number of rotatable bonds is 7. The van der Waals surface area contributed by atoms with Crippen LogP contribution in [0.3, 0.4) is 0 Å². The zero-order valence-corrected chi connectivity index (χ0v) is 10.7. The molecule has 0 saturated carbocycles. The van der Waals surface area contributed by atoms with E-state index in [1.165, 1.54) is 0 Å². The van der Waals surface area contributed by atoms with E-state index in [4.69, 9.17) is 0 Å². The van der Waals surface area contributed by atoms with Crippen LogP contribution in [0.15, 0.2) is 0 Å². The van der Waals surface area contributed by atoms with Crippen molar-refractivity contribution >= 4 is 16.9 Å². The lowest BCUT2D eigenvalue weighted by Crippen LogP contribution is -2.63. The van der Waals surface area contributed by atoms with Gasteiger partial charge in [-0.05, 0) is 0 Å². The van der Waals surface area contributed by atoms with Gasteiger partial charge < -0.3 is 0 Å². The maximum absolute atomic E-state index is 13.0. The lowest BCUT2D eigenvalue weighted by atomic mass is 9.97. The molecule has 0 spiro atoms. The quantitative estimate of drug-likeness (QED) is 0.649. The molecule has 0 bridgehead atoms. The van der Waals surface area contributed by atoms with Gasteiger partial charge in [0.15, 0.2) is 11.8 Å². The Bertz CT molecular complexity index is 355. The van der Waals surface area contributed by atoms with Crippen molar-refractivity contribution in [3.63, 3.8) is 0 Å². The molecule has 0 radical (unpaired) electrons. The summed E-state index contributed by atoms with van der Waals surface area (Å²) in [5.41, 5.74) is 0. The largest absolute Gasteiger partial charge is 0.380 e. The van der Waals surface area contributed by atoms with Crippen LogP contribution in [0, 0.1) is 0 Å². The van der Waals surface area contributed by atoms with Gasteiger partial charge in [0.25, 0.3) is 0 Å². The first kappa shape index (κ1) is 19.4. The molecule has 0 aliphatic rings. The Morgan fingerprint density at radius 2 is 1.30 bits per heavy atom. The highest BCUT2D eigenvalue weighted by Crippen LogP contribution is 2.53. The van der Waals surface area contributed by atoms with Crippen molar-refractivity contribution in [2.24, 2.45) is 0 Å². The summed E-state index contributed by atoms with van der Waals surface area (Å²) in [5.74, 6) is -25.5. The Kier molecular flexibility index (Phi) is 5.84. The van der Waals surface area contributed by atoms with Crippen molar-refractivity contribution in [1.29, 1.82) is 0 Å². The second-order valence-corrected chi connectivity index (χ2v) is 5.05. The smallest absolute Gasteiger partial charge is 0.288 e. The van der Waals surface area contributed by atoms with Gasteiger partial charge in [-0.25, -0.2) is 4.39 Å². The highest BCUT2D eigenvalue weighted by Gasteiger charge is 2.80. The molecule has 1 nitrogen and oxygen atoms in total. The average Bonchev–Trinajstić information content (AvgIpc) is 2.27. The summed E-state index contributed by atoms with van der Waals surface area (Å²) in [6, 6.07) is 0. The Morgan fingerprint density at radius 1 is 0.900 bits per heavy atom. The normalized spacial score (nSPS) is 14.5. The van der Waals surface area contributed by atoms with Gasteiger partial charge in [0.05, 0.1) is 0 Å². The molecule has 0 aliphatic heterocycles. The van der Waals surface area contributed by atoms with E-state index in [1.54, 1.807) is 0 Å². The number of hydrogen-bond donors (Lipinski definition) is 0. The minimum absolute atomic E-state index is 0.139. The molecule has 0 atom stereocenters. The summed E-state index contributed by atoms with van der Waals surface area (Å²) in [6.07, 6.45) is -1.94. The van der Waals surface area contributed by atoms with E-state index in [1.807, 2.05) is 0 Å². The van der Waals surface area contributed by atoms with Crippen LogP contribution in [0.25, 0.3) is 0 Å². The number of carbonyl (C=O) groups is 1. The van der Waals surface area contributed by atoms with Gasteiger partial charge in [-0.15, -0.1) is 0 Å². The summed E-state index contributed by atoms with van der Waals surface area (Å²) >= 11 is 0.139. The fraction of sp³-hybridized carbons (Fsp3) is 0.889. The SMILES string of the molecule is CC(=O)SCCC(F)(F)C(F)(F)C(F)(F)C(F)(F)CF. The second-order valence-electron chi connectivity index (χ2n) is 3.78. The first-order valence-electron chi connectivity index (χ1n) is 4.93. The molecule has 0 aliphatic carbocycles. The third-order valence-electron chi connectivity index (χ3n) is 2.20. The van der Waals surface area contributed by atoms with Gasteiger partial charge in [-0.3, -0.25) is 4.79 Å². The van der Waals surface area contributed by atoms with Gasteiger partial charge in [0.1, 0.15) is 0 Å². The van der Waals surface area contributed by atoms with Crippen LogP contribution in [0.1, 0.15) is 13.3 Å². The van der Waals surface area contributed by atoms with E-state index in [0.29, 0.717) is 0 Å². The molecule has 0 amide bonds. The van der Waals surface area contributed by atoms with Crippen LogP contribution in [0.2, 0.25) is 0 Å². The van der Waals surface area contributed by atoms with Crippen molar-refractivity contribution in [1.82, 2.24) is 0 Å². The molecule has 0 fully saturated rings. The number of hydrogen-bond acceptors (Lipinski definition) is 2. The predicted molar refractivity (Wildman–Crippen MR) is 53.5 cm³/mol. The van der Waals surface area contributed by atoms with Crippen molar-refractivity contribution in [2.45, 2.75) is 37.0 Å². The summed E-state index contributed by atoms with van der Waals surface area (Å²) < 4.78 is 114. The van der Waals surface area contributed by atoms with Crippen LogP contribution in [0.4, 0.5) is 39.5 Å². The zero-order chi connectivity index (χ0) is 16.4. The first-order chi connectivity index (χ1) is 8.73. The fourth-order valence-corrected chi connectivity index (χ4v) is 1.67. The third-order valence-corrected chi connectivity index (χ3v) is 3.02. The maximum atomic E-state index is 13.0. The first-order valence-corrected chi connectivity index (χ1v) is 5.92. The molecule has 0 aromatic rings. The summed E-state index contributed by atoms with van der Waals surface area (Å²) in [5, 5.41) is -0.745. The van der Waals surface area contributed by atoms with E-state index >= 15 is 0 Å². The number of alkyl halides is 9. The van der Waals surface area contributed by atoms with E-state index < -0.39 is 47.7 Å². The molecule has 0 saturated heterocycles. The molecule has 0 aromatic heterocycles. The minimum atomic E-state index is -6.57. The van der Waals surface area contributed by atoms with Crippen molar-refractivity contribution in [2.75, 3.05) is 12.4 Å². The van der Waals surface area contributed by atoms with Crippen molar-refractivity contribution in [3.05, 3.63) is 0 Å². The molecule has 11 heteroatoms. The zero-order valence-electron chi connectivity index (χ0n) is 9.84. The summed E-state index contributed by atoms with van der Waals surface area (Å²) in [4.78, 5) is 10.4. The highest BCUT2D eigenvalue weighted by molar-refractivity contribution is 8.13. The number of halogens is 9. The Balaban J connectivity index is 5.22. The molecule has 20 heavy (non-hydrogen) atoms. The predicted octanol–water partition coefficient (Wildman–Crippen LogP) is 4.17. The van der Waals surface area contributed by atoms with Crippen molar-refractivity contribution in [3.8, 4) is 0 Å². The van der Waals surface area contributed by atoms with Crippen LogP contribution in [0.5, 0.6) is 0 Å². The van der Waals surface area contributed by atoms with E-state index in [2.05, 4.69) is 0 Å². The molecule has 120 valence electrons. The fourth-order valence-electron chi connectivity index (χ4n) is 1.02. The van der Waals surface area contributed by atoms with Gasteiger partial charge in [0.2, 0.25) is 0 Å². The molecule has 0 rings (SSSR count). The summed E-state index contributed by atoms with van der Waals surface area (Å²) in [6.45, 7) is -2.30. The number of carbonyl (C=O) groups excluding carboxylic acids is 1. The Labute approximate surface area is 111 Å². The van der Waals surface area contributed by atoms with Crippen LogP contribution >= 0.6 is 11.8 Å². The Morgan fingerprint density at radius 3 is 1.65 bits per heavy atom. The van der Waals surface area contributed by atoms with Crippen LogP contribution in [-0.4, -0.2) is 41.2 Å². The number of thioether (sulfide) groups is 1. The van der Waals surface area contributed by atoms with Gasteiger partial charge >= 0.3 is 23.7 Å². The average molecular weight is 336 g/mol. The molecule has 0 unspecified atom stereocenters. The van der Waals surface area contributed by atoms with Crippen LogP contribution < -0.4 is 0 Å². The highest BCUT2D eigenvalue weighted by atomic mass is 32.2. The van der Waals surface area contributed by atoms with Gasteiger partial charge in [-0.1, -0.05) is 11.8 Å². The van der Waals surface area contributed by atoms with E-state index in [9.17, 15) is 44.3 Å². The third kappa shape index (κ3) is 3.53. The van der Waals surface area contributed by atoms with Gasteiger partial charge in [0, 0.05) is 19.1 Å². The Hall–Kier alpha value is -0.610. The van der Waals surface area contributed by atoms with Crippen LogP contribution in [-0.2, 0) is 4.79 Å². The topological polar surface area (TPSA) is 17.1 Å². The molecule has 0 heterocycles. The molecular formula is C9H9F9OS. The second kappa shape index (κ2) is 6.02. The summed E-state index contributed by atoms with van der Waals surface area (Å²) in [7, 11) is 0. The molecular weight excluding hydrogens is 327 g/mol. The van der Waals surface area contributed by atoms with Gasteiger partial charge in [-0.2, -0.15) is 35.1 Å². The van der Waals surface area contributed by atoms with E-state index in [0.717, 1.165) is 6.92 Å². The van der Waals surface area contributed by atoms with Crippen molar-refractivity contribution < 1.29 is 44.3 Å². The minimum Gasteiger partial charge on any atom is -0.288 e. The molecule has 0 N–H and O–H groups in total. The monoisotopic (exact) mass is 336 g/mol. The lowest BCUT2D eigenvalue weighted by molar-refractivity contribution is -0.367. The van der Waals surface area contributed by atoms with E-state index in [-0.39, 0.29) is 11.8 Å². The standard InChI is InChI=1S/C9H9F9OS/c1-5(19)20-3-2-6(11,12)8(15,16)9(17,18)7(13,14)4-10/h2-4H2,1H3. The molecule has 0 aromatic carbocycles.